The topological polar surface area (TPSA) is 66.5 Å². The van der Waals surface area contributed by atoms with E-state index in [1.165, 1.54) is 11.8 Å². The van der Waals surface area contributed by atoms with Crippen molar-refractivity contribution in [2.45, 2.75) is 31.2 Å². The predicted octanol–water partition coefficient (Wildman–Crippen LogP) is 2.80. The molecule has 0 bridgehead atoms. The van der Waals surface area contributed by atoms with Crippen LogP contribution in [0.25, 0.3) is 0 Å². The van der Waals surface area contributed by atoms with E-state index >= 15 is 0 Å². The lowest BCUT2D eigenvalue weighted by atomic mass is 10.1. The van der Waals surface area contributed by atoms with Crippen molar-refractivity contribution in [3.8, 4) is 0 Å². The van der Waals surface area contributed by atoms with Gasteiger partial charge in [0, 0.05) is 37.0 Å². The average Bonchev–Trinajstić information content (AvgIpc) is 3.09. The molecule has 0 aromatic heterocycles. The van der Waals surface area contributed by atoms with Crippen LogP contribution in [-0.2, 0) is 15.6 Å². The number of hydrogen-bond donors (Lipinski definition) is 1. The first kappa shape index (κ1) is 19.6. The Morgan fingerprint density at radius 1 is 1.15 bits per heavy atom. The van der Waals surface area contributed by atoms with Crippen molar-refractivity contribution in [1.82, 2.24) is 10.2 Å². The minimum atomic E-state index is -3.07. The van der Waals surface area contributed by atoms with Crippen molar-refractivity contribution < 1.29 is 13.2 Å². The molecule has 27 heavy (non-hydrogen) atoms. The number of benzene rings is 2. The molecule has 1 N–H and O–H groups in total. The Morgan fingerprint density at radius 3 is 2.44 bits per heavy atom. The van der Waals surface area contributed by atoms with Crippen LogP contribution in [0, 0.1) is 0 Å². The Kier molecular flexibility index (Phi) is 5.97. The van der Waals surface area contributed by atoms with E-state index in [4.69, 9.17) is 0 Å². The van der Waals surface area contributed by atoms with Gasteiger partial charge < -0.3 is 5.32 Å². The normalized spacial score (nSPS) is 19.0. The highest BCUT2D eigenvalue weighted by Gasteiger charge is 2.27. The molecule has 1 fully saturated rings. The Balaban J connectivity index is 1.56. The van der Waals surface area contributed by atoms with Crippen molar-refractivity contribution >= 4 is 15.7 Å². The zero-order chi connectivity index (χ0) is 19.4. The zero-order valence-electron chi connectivity index (χ0n) is 15.8. The summed E-state index contributed by atoms with van der Waals surface area (Å²) in [5.41, 5.74) is 2.53. The Hall–Kier alpha value is -2.18. The van der Waals surface area contributed by atoms with E-state index in [1.807, 2.05) is 6.07 Å². The Bertz CT molecular complexity index is 879. The standard InChI is InChI=1S/C21H26N2O3S/c1-16(18-6-4-3-5-7-18)23-13-12-20(14-23)22-21(24)19-10-8-17(9-11-19)15-27(2,25)26/h3-11,16,20H,12-15H2,1-2H3,(H,22,24)/t16-,20+/m1/s1. The highest BCUT2D eigenvalue weighted by Crippen LogP contribution is 2.24. The summed E-state index contributed by atoms with van der Waals surface area (Å²) in [7, 11) is -3.07. The van der Waals surface area contributed by atoms with Crippen molar-refractivity contribution in [3.05, 3.63) is 71.3 Å². The highest BCUT2D eigenvalue weighted by atomic mass is 32.2. The van der Waals surface area contributed by atoms with Crippen LogP contribution in [0.3, 0.4) is 0 Å². The van der Waals surface area contributed by atoms with Crippen LogP contribution < -0.4 is 5.32 Å². The van der Waals surface area contributed by atoms with Gasteiger partial charge in [0.05, 0.1) is 5.75 Å². The molecule has 1 heterocycles. The maximum Gasteiger partial charge on any atom is 0.251 e. The summed E-state index contributed by atoms with van der Waals surface area (Å²) in [6.45, 7) is 3.97. The van der Waals surface area contributed by atoms with Crippen molar-refractivity contribution in [1.29, 1.82) is 0 Å². The SMILES string of the molecule is C[C@H](c1ccccc1)N1CC[C@H](NC(=O)c2ccc(CS(C)(=O)=O)cc2)C1. The summed E-state index contributed by atoms with van der Waals surface area (Å²) in [4.78, 5) is 14.9. The summed E-state index contributed by atoms with van der Waals surface area (Å²) in [6, 6.07) is 17.6. The molecule has 0 aliphatic carbocycles. The molecule has 2 aromatic carbocycles. The van der Waals surface area contributed by atoms with Crippen LogP contribution in [0.4, 0.5) is 0 Å². The molecular formula is C21H26N2O3S. The lowest BCUT2D eigenvalue weighted by Gasteiger charge is -2.24. The van der Waals surface area contributed by atoms with Gasteiger partial charge in [-0.3, -0.25) is 9.69 Å². The number of likely N-dealkylation sites (tertiary alicyclic amines) is 1. The van der Waals surface area contributed by atoms with E-state index < -0.39 is 9.84 Å². The van der Waals surface area contributed by atoms with Crippen LogP contribution in [0.15, 0.2) is 54.6 Å². The lowest BCUT2D eigenvalue weighted by Crippen LogP contribution is -2.37. The number of carbonyl (C=O) groups excluding carboxylic acids is 1. The van der Waals surface area contributed by atoms with Gasteiger partial charge in [0.2, 0.25) is 0 Å². The van der Waals surface area contributed by atoms with Gasteiger partial charge in [0.25, 0.3) is 5.91 Å². The van der Waals surface area contributed by atoms with Gasteiger partial charge in [-0.1, -0.05) is 42.5 Å². The van der Waals surface area contributed by atoms with Gasteiger partial charge in [-0.15, -0.1) is 0 Å². The van der Waals surface area contributed by atoms with Gasteiger partial charge in [-0.25, -0.2) is 8.42 Å². The van der Waals surface area contributed by atoms with Gasteiger partial charge in [0.1, 0.15) is 0 Å². The molecule has 2 aromatic rings. The summed E-state index contributed by atoms with van der Waals surface area (Å²) < 4.78 is 22.7. The maximum atomic E-state index is 12.5. The summed E-state index contributed by atoms with van der Waals surface area (Å²) in [6.07, 6.45) is 2.13. The molecule has 3 rings (SSSR count). The number of sulfone groups is 1. The van der Waals surface area contributed by atoms with E-state index in [-0.39, 0.29) is 17.7 Å². The fourth-order valence-electron chi connectivity index (χ4n) is 3.52. The maximum absolute atomic E-state index is 12.5. The number of nitrogens with zero attached hydrogens (tertiary/aromatic N) is 1. The van der Waals surface area contributed by atoms with Crippen LogP contribution in [0.1, 0.15) is 40.9 Å². The lowest BCUT2D eigenvalue weighted by molar-refractivity contribution is 0.0936. The van der Waals surface area contributed by atoms with E-state index in [9.17, 15) is 13.2 Å². The third-order valence-corrected chi connectivity index (χ3v) is 5.89. The molecule has 0 saturated carbocycles. The van der Waals surface area contributed by atoms with Crippen LogP contribution in [0.5, 0.6) is 0 Å². The predicted molar refractivity (Wildman–Crippen MR) is 107 cm³/mol. The second kappa shape index (κ2) is 8.23. The monoisotopic (exact) mass is 386 g/mol. The van der Waals surface area contributed by atoms with Crippen molar-refractivity contribution in [3.63, 3.8) is 0 Å². The molecule has 2 atom stereocenters. The molecule has 5 nitrogen and oxygen atoms in total. The number of rotatable bonds is 6. The van der Waals surface area contributed by atoms with E-state index in [0.717, 1.165) is 19.5 Å². The fraction of sp³-hybridized carbons (Fsp3) is 0.381. The van der Waals surface area contributed by atoms with E-state index in [2.05, 4.69) is 41.4 Å². The first-order chi connectivity index (χ1) is 12.8. The smallest absolute Gasteiger partial charge is 0.251 e. The third-order valence-electron chi connectivity index (χ3n) is 5.03. The molecular weight excluding hydrogens is 360 g/mol. The van der Waals surface area contributed by atoms with Gasteiger partial charge in [-0.05, 0) is 36.6 Å². The van der Waals surface area contributed by atoms with Crippen molar-refractivity contribution in [2.75, 3.05) is 19.3 Å². The van der Waals surface area contributed by atoms with Crippen LogP contribution in [-0.4, -0.2) is 44.6 Å². The Morgan fingerprint density at radius 2 is 1.81 bits per heavy atom. The average molecular weight is 387 g/mol. The molecule has 1 aliphatic heterocycles. The molecule has 1 saturated heterocycles. The van der Waals surface area contributed by atoms with Gasteiger partial charge >= 0.3 is 0 Å². The molecule has 144 valence electrons. The van der Waals surface area contributed by atoms with Gasteiger partial charge in [-0.2, -0.15) is 0 Å². The molecule has 0 spiro atoms. The van der Waals surface area contributed by atoms with Crippen LogP contribution >= 0.6 is 0 Å². The second-order valence-corrected chi connectivity index (χ2v) is 9.45. The quantitative estimate of drug-likeness (QED) is 0.829. The second-order valence-electron chi connectivity index (χ2n) is 7.31. The van der Waals surface area contributed by atoms with Crippen LogP contribution in [0.2, 0.25) is 0 Å². The summed E-state index contributed by atoms with van der Waals surface area (Å²) >= 11 is 0. The minimum Gasteiger partial charge on any atom is -0.348 e. The zero-order valence-corrected chi connectivity index (χ0v) is 16.6. The molecule has 0 unspecified atom stereocenters. The number of amides is 1. The molecule has 1 amide bonds. The van der Waals surface area contributed by atoms with Gasteiger partial charge in [0.15, 0.2) is 9.84 Å². The minimum absolute atomic E-state index is 0.0101. The largest absolute Gasteiger partial charge is 0.348 e. The van der Waals surface area contributed by atoms with E-state index in [0.29, 0.717) is 17.2 Å². The fourth-order valence-corrected chi connectivity index (χ4v) is 4.32. The first-order valence-corrected chi connectivity index (χ1v) is 11.2. The number of carbonyl (C=O) groups is 1. The molecule has 0 radical (unpaired) electrons. The van der Waals surface area contributed by atoms with E-state index in [1.54, 1.807) is 24.3 Å². The third kappa shape index (κ3) is 5.40. The number of hydrogen-bond acceptors (Lipinski definition) is 4. The Labute approximate surface area is 161 Å². The summed E-state index contributed by atoms with van der Waals surface area (Å²) in [5, 5.41) is 3.10. The van der Waals surface area contributed by atoms with Crippen molar-refractivity contribution in [2.24, 2.45) is 0 Å². The number of nitrogens with one attached hydrogen (secondary N) is 1. The molecule has 6 heteroatoms. The highest BCUT2D eigenvalue weighted by molar-refractivity contribution is 7.89. The first-order valence-electron chi connectivity index (χ1n) is 9.18. The summed E-state index contributed by atoms with van der Waals surface area (Å²) in [5.74, 6) is -0.121. The molecule has 1 aliphatic rings.